The second kappa shape index (κ2) is 6.25. The van der Waals surface area contributed by atoms with Crippen LogP contribution >= 0.6 is 0 Å². The summed E-state index contributed by atoms with van der Waals surface area (Å²) in [4.78, 5) is 36.2. The smallest absolute Gasteiger partial charge is 0.251 e. The van der Waals surface area contributed by atoms with Crippen molar-refractivity contribution in [2.45, 2.75) is 6.92 Å². The summed E-state index contributed by atoms with van der Waals surface area (Å²) in [5.41, 5.74) is 7.00. The largest absolute Gasteiger partial charge is 0.375 e. The zero-order valence-corrected chi connectivity index (χ0v) is 11.8. The molecule has 1 heterocycles. The molecule has 1 aromatic carbocycles. The fourth-order valence-electron chi connectivity index (χ4n) is 2.28. The van der Waals surface area contributed by atoms with Crippen LogP contribution in [0.15, 0.2) is 18.2 Å². The fourth-order valence-corrected chi connectivity index (χ4v) is 2.28. The minimum absolute atomic E-state index is 0.0109. The summed E-state index contributed by atoms with van der Waals surface area (Å²) in [6, 6.07) is 5.26. The van der Waals surface area contributed by atoms with E-state index in [1.165, 1.54) is 4.90 Å². The van der Waals surface area contributed by atoms with Gasteiger partial charge in [-0.1, -0.05) is 12.1 Å². The van der Waals surface area contributed by atoms with E-state index in [-0.39, 0.29) is 24.9 Å². The lowest BCUT2D eigenvalue weighted by atomic mass is 10.1. The molecule has 7 nitrogen and oxygen atoms in total. The molecule has 1 aliphatic heterocycles. The molecule has 0 saturated carbocycles. The lowest BCUT2D eigenvalue weighted by molar-refractivity contribution is -0.136. The monoisotopic (exact) mass is 290 g/mol. The van der Waals surface area contributed by atoms with E-state index in [4.69, 9.17) is 5.73 Å². The predicted octanol–water partition coefficient (Wildman–Crippen LogP) is -0.536. The van der Waals surface area contributed by atoms with E-state index in [2.05, 4.69) is 10.6 Å². The third kappa shape index (κ3) is 3.50. The maximum absolute atomic E-state index is 12.1. The summed E-state index contributed by atoms with van der Waals surface area (Å²) < 4.78 is 0. The lowest BCUT2D eigenvalue weighted by Crippen LogP contribution is -2.51. The van der Waals surface area contributed by atoms with Gasteiger partial charge in [0.25, 0.3) is 5.91 Å². The van der Waals surface area contributed by atoms with E-state index in [1.54, 1.807) is 25.1 Å². The number of benzene rings is 1. The summed E-state index contributed by atoms with van der Waals surface area (Å²) in [7, 11) is 0. The number of amides is 3. The van der Waals surface area contributed by atoms with Crippen molar-refractivity contribution in [3.05, 3.63) is 29.3 Å². The van der Waals surface area contributed by atoms with E-state index in [0.29, 0.717) is 24.3 Å². The summed E-state index contributed by atoms with van der Waals surface area (Å²) >= 11 is 0. The molecule has 112 valence electrons. The Balaban J connectivity index is 2.03. The molecule has 21 heavy (non-hydrogen) atoms. The molecule has 0 atom stereocenters. The fraction of sp³-hybridized carbons (Fsp3) is 0.357. The molecular formula is C14H18N4O3. The van der Waals surface area contributed by atoms with Crippen molar-refractivity contribution >= 4 is 23.4 Å². The number of anilines is 1. The number of nitrogens with zero attached hydrogens (tertiary/aromatic N) is 1. The van der Waals surface area contributed by atoms with Gasteiger partial charge >= 0.3 is 0 Å². The van der Waals surface area contributed by atoms with Gasteiger partial charge in [0, 0.05) is 18.8 Å². The zero-order valence-electron chi connectivity index (χ0n) is 11.8. The van der Waals surface area contributed by atoms with Crippen LogP contribution in [0.1, 0.15) is 15.9 Å². The number of carbonyl (C=O) groups excluding carboxylic acids is 3. The first kappa shape index (κ1) is 14.8. The lowest BCUT2D eigenvalue weighted by Gasteiger charge is -2.27. The molecule has 7 heteroatoms. The molecule has 0 unspecified atom stereocenters. The number of nitrogens with two attached hydrogens (primary N) is 1. The summed E-state index contributed by atoms with van der Waals surface area (Å²) in [5, 5.41) is 5.58. The van der Waals surface area contributed by atoms with E-state index in [9.17, 15) is 14.4 Å². The van der Waals surface area contributed by atoms with Crippen molar-refractivity contribution in [1.29, 1.82) is 0 Å². The first-order valence-corrected chi connectivity index (χ1v) is 6.67. The van der Waals surface area contributed by atoms with Crippen LogP contribution in [-0.4, -0.2) is 48.8 Å². The molecule has 1 aliphatic rings. The zero-order chi connectivity index (χ0) is 15.4. The van der Waals surface area contributed by atoms with Crippen molar-refractivity contribution in [1.82, 2.24) is 10.2 Å². The summed E-state index contributed by atoms with van der Waals surface area (Å²) in [5.74, 6) is -0.898. The van der Waals surface area contributed by atoms with Crippen molar-refractivity contribution < 1.29 is 14.4 Å². The molecule has 1 saturated heterocycles. The van der Waals surface area contributed by atoms with Gasteiger partial charge in [0.15, 0.2) is 0 Å². The third-order valence-corrected chi connectivity index (χ3v) is 3.34. The number of nitrogens with one attached hydrogen (secondary N) is 2. The topological polar surface area (TPSA) is 105 Å². The van der Waals surface area contributed by atoms with Gasteiger partial charge in [0.05, 0.1) is 18.7 Å². The molecule has 1 aromatic rings. The number of hydrogen-bond acceptors (Lipinski definition) is 4. The van der Waals surface area contributed by atoms with E-state index < -0.39 is 5.91 Å². The number of hydrogen-bond donors (Lipinski definition) is 3. The molecule has 0 aliphatic carbocycles. The van der Waals surface area contributed by atoms with Gasteiger partial charge in [-0.3, -0.25) is 14.4 Å². The molecule has 0 radical (unpaired) electrons. The summed E-state index contributed by atoms with van der Waals surface area (Å²) in [6.45, 7) is 2.81. The Labute approximate surface area is 122 Å². The predicted molar refractivity (Wildman–Crippen MR) is 77.8 cm³/mol. The van der Waals surface area contributed by atoms with Crippen LogP contribution in [0.25, 0.3) is 0 Å². The molecule has 3 amide bonds. The van der Waals surface area contributed by atoms with Crippen LogP contribution < -0.4 is 16.4 Å². The van der Waals surface area contributed by atoms with Crippen molar-refractivity contribution in [3.63, 3.8) is 0 Å². The molecule has 1 fully saturated rings. The van der Waals surface area contributed by atoms with E-state index >= 15 is 0 Å². The van der Waals surface area contributed by atoms with Crippen LogP contribution in [0, 0.1) is 6.92 Å². The molecule has 4 N–H and O–H groups in total. The Kier molecular flexibility index (Phi) is 4.42. The highest BCUT2D eigenvalue weighted by Gasteiger charge is 2.21. The highest BCUT2D eigenvalue weighted by molar-refractivity contribution is 6.00. The molecule has 0 bridgehead atoms. The molecule has 0 spiro atoms. The standard InChI is InChI=1S/C14H18N4O3/c1-9-3-2-4-10(13(9)14(15)21)17-7-12(20)18-6-5-16-11(19)8-18/h2-4,17H,5-8H2,1H3,(H2,15,21)(H,16,19). The SMILES string of the molecule is Cc1cccc(NCC(=O)N2CCNC(=O)C2)c1C(N)=O. The van der Waals surface area contributed by atoms with E-state index in [1.807, 2.05) is 0 Å². The van der Waals surface area contributed by atoms with Gasteiger partial charge in [-0.15, -0.1) is 0 Å². The number of primary amides is 1. The molecular weight excluding hydrogens is 272 g/mol. The van der Waals surface area contributed by atoms with Crippen LogP contribution in [0.3, 0.4) is 0 Å². The Morgan fingerprint density at radius 3 is 2.86 bits per heavy atom. The van der Waals surface area contributed by atoms with Crippen LogP contribution in [0.2, 0.25) is 0 Å². The average Bonchev–Trinajstić information content (AvgIpc) is 2.44. The first-order valence-electron chi connectivity index (χ1n) is 6.67. The first-order chi connectivity index (χ1) is 9.99. The van der Waals surface area contributed by atoms with Gasteiger partial charge < -0.3 is 21.3 Å². The van der Waals surface area contributed by atoms with Crippen LogP contribution in [0.5, 0.6) is 0 Å². The number of carbonyl (C=O) groups is 3. The van der Waals surface area contributed by atoms with Crippen molar-refractivity contribution in [2.24, 2.45) is 5.73 Å². The van der Waals surface area contributed by atoms with Gasteiger partial charge in [-0.2, -0.15) is 0 Å². The van der Waals surface area contributed by atoms with Crippen LogP contribution in [0.4, 0.5) is 5.69 Å². The Bertz CT molecular complexity index is 586. The summed E-state index contributed by atoms with van der Waals surface area (Å²) in [6.07, 6.45) is 0. The maximum atomic E-state index is 12.1. The third-order valence-electron chi connectivity index (χ3n) is 3.34. The molecule has 2 rings (SSSR count). The van der Waals surface area contributed by atoms with Crippen molar-refractivity contribution in [3.8, 4) is 0 Å². The Morgan fingerprint density at radius 1 is 1.43 bits per heavy atom. The second-order valence-corrected chi connectivity index (χ2v) is 4.88. The number of aryl methyl sites for hydroxylation is 1. The number of piperazine rings is 1. The van der Waals surface area contributed by atoms with Crippen molar-refractivity contribution in [2.75, 3.05) is 31.5 Å². The second-order valence-electron chi connectivity index (χ2n) is 4.88. The molecule has 0 aromatic heterocycles. The normalized spacial score (nSPS) is 14.5. The average molecular weight is 290 g/mol. The maximum Gasteiger partial charge on any atom is 0.251 e. The highest BCUT2D eigenvalue weighted by Crippen LogP contribution is 2.18. The van der Waals surface area contributed by atoms with Gasteiger partial charge in [0.2, 0.25) is 11.8 Å². The quantitative estimate of drug-likeness (QED) is 0.693. The minimum Gasteiger partial charge on any atom is -0.375 e. The Morgan fingerprint density at radius 2 is 2.19 bits per heavy atom. The minimum atomic E-state index is -0.541. The van der Waals surface area contributed by atoms with Crippen LogP contribution in [-0.2, 0) is 9.59 Å². The Hall–Kier alpha value is -2.57. The van der Waals surface area contributed by atoms with E-state index in [0.717, 1.165) is 5.56 Å². The van der Waals surface area contributed by atoms with Gasteiger partial charge in [-0.05, 0) is 18.6 Å². The van der Waals surface area contributed by atoms with Gasteiger partial charge in [0.1, 0.15) is 0 Å². The number of rotatable bonds is 4. The van der Waals surface area contributed by atoms with Gasteiger partial charge in [-0.25, -0.2) is 0 Å². The highest BCUT2D eigenvalue weighted by atomic mass is 16.2.